The summed E-state index contributed by atoms with van der Waals surface area (Å²) in [4.78, 5) is 24.7. The van der Waals surface area contributed by atoms with Crippen LogP contribution in [0.3, 0.4) is 0 Å². The molecule has 25 heavy (non-hydrogen) atoms. The number of likely N-dealkylation sites (tertiary alicyclic amines) is 1. The number of nitrogens with zero attached hydrogens (tertiary/aromatic N) is 3. The van der Waals surface area contributed by atoms with E-state index in [1.807, 2.05) is 6.08 Å². The van der Waals surface area contributed by atoms with Crippen molar-refractivity contribution in [3.05, 3.63) is 30.1 Å². The highest BCUT2D eigenvalue weighted by atomic mass is 16.4. The van der Waals surface area contributed by atoms with Gasteiger partial charge in [0.15, 0.2) is 0 Å². The monoisotopic (exact) mass is 349 g/mol. The van der Waals surface area contributed by atoms with Crippen LogP contribution in [0.2, 0.25) is 0 Å². The summed E-state index contributed by atoms with van der Waals surface area (Å²) in [6, 6.07) is -0.0113. The molecule has 2 N–H and O–H groups in total. The topological polar surface area (TPSA) is 95.7 Å². The third-order valence-electron chi connectivity index (χ3n) is 4.48. The van der Waals surface area contributed by atoms with Gasteiger partial charge in [0, 0.05) is 19.2 Å². The Morgan fingerprint density at radius 3 is 2.92 bits per heavy atom. The predicted molar refractivity (Wildman–Crippen MR) is 93.2 cm³/mol. The van der Waals surface area contributed by atoms with E-state index < -0.39 is 12.1 Å². The average molecular weight is 349 g/mol. The lowest BCUT2D eigenvalue weighted by Crippen LogP contribution is -2.34. The lowest BCUT2D eigenvalue weighted by Gasteiger charge is -2.22. The average Bonchev–Trinajstić information content (AvgIpc) is 3.18. The van der Waals surface area contributed by atoms with E-state index in [0.29, 0.717) is 19.5 Å². The van der Waals surface area contributed by atoms with Crippen molar-refractivity contribution >= 4 is 11.9 Å². The fraction of sp³-hybridized carbons (Fsp3) is 0.611. The molecule has 0 aliphatic carbocycles. The van der Waals surface area contributed by atoms with E-state index in [0.717, 1.165) is 32.1 Å². The van der Waals surface area contributed by atoms with E-state index in [1.54, 1.807) is 11.0 Å². The number of carbonyl (C=O) groups excluding carboxylic acids is 1. The smallest absolute Gasteiger partial charge is 0.338 e. The molecule has 0 aromatic carbocycles. The second-order valence-electron chi connectivity index (χ2n) is 6.44. The number of aromatic nitrogens is 2. The van der Waals surface area contributed by atoms with Crippen molar-refractivity contribution in [3.63, 3.8) is 0 Å². The zero-order chi connectivity index (χ0) is 18.2. The summed E-state index contributed by atoms with van der Waals surface area (Å²) in [5.74, 6) is -0.929. The van der Waals surface area contributed by atoms with Crippen LogP contribution in [0.25, 0.3) is 0 Å². The van der Waals surface area contributed by atoms with E-state index in [4.69, 9.17) is 5.11 Å². The van der Waals surface area contributed by atoms with E-state index in [9.17, 15) is 14.7 Å². The second kappa shape index (κ2) is 9.36. The number of aromatic carboxylic acids is 1. The molecule has 1 aliphatic heterocycles. The number of amides is 1. The summed E-state index contributed by atoms with van der Waals surface area (Å²) in [6.07, 6.45) is 11.3. The van der Waals surface area contributed by atoms with Gasteiger partial charge in [-0.1, -0.05) is 38.3 Å². The molecule has 2 heterocycles. The number of hydrogen-bond donors (Lipinski definition) is 2. The van der Waals surface area contributed by atoms with Gasteiger partial charge in [-0.15, -0.1) is 0 Å². The van der Waals surface area contributed by atoms with Crippen molar-refractivity contribution < 1.29 is 19.8 Å². The SMILES string of the molecule is CCCCC[C@@H](O)C=CC1CCC(=O)N1CCn1cc(C(=O)O)cn1. The highest BCUT2D eigenvalue weighted by Gasteiger charge is 2.28. The summed E-state index contributed by atoms with van der Waals surface area (Å²) in [5, 5.41) is 22.9. The van der Waals surface area contributed by atoms with Crippen molar-refractivity contribution in [2.24, 2.45) is 0 Å². The summed E-state index contributed by atoms with van der Waals surface area (Å²) in [6.45, 7) is 3.05. The zero-order valence-corrected chi connectivity index (χ0v) is 14.7. The largest absolute Gasteiger partial charge is 0.478 e. The molecule has 1 aliphatic rings. The van der Waals surface area contributed by atoms with Crippen LogP contribution in [0.1, 0.15) is 55.8 Å². The van der Waals surface area contributed by atoms with Crippen molar-refractivity contribution in [1.82, 2.24) is 14.7 Å². The number of carbonyl (C=O) groups is 2. The summed E-state index contributed by atoms with van der Waals surface area (Å²) < 4.78 is 1.54. The summed E-state index contributed by atoms with van der Waals surface area (Å²) >= 11 is 0. The Bertz CT molecular complexity index is 611. The molecular weight excluding hydrogens is 322 g/mol. The van der Waals surface area contributed by atoms with Gasteiger partial charge in [0.25, 0.3) is 0 Å². The molecule has 1 aromatic heterocycles. The fourth-order valence-electron chi connectivity index (χ4n) is 3.01. The minimum atomic E-state index is -1.01. The molecule has 7 nitrogen and oxygen atoms in total. The number of aliphatic hydroxyl groups excluding tert-OH is 1. The maximum Gasteiger partial charge on any atom is 0.338 e. The van der Waals surface area contributed by atoms with Crippen LogP contribution in [-0.4, -0.2) is 55.5 Å². The molecule has 0 radical (unpaired) electrons. The molecule has 7 heteroatoms. The Kier molecular flexibility index (Phi) is 7.18. The number of rotatable bonds is 10. The maximum atomic E-state index is 12.1. The van der Waals surface area contributed by atoms with Gasteiger partial charge in [-0.3, -0.25) is 9.48 Å². The molecule has 1 aromatic rings. The van der Waals surface area contributed by atoms with Gasteiger partial charge < -0.3 is 15.1 Å². The van der Waals surface area contributed by atoms with Crippen LogP contribution in [0.5, 0.6) is 0 Å². The minimum absolute atomic E-state index is 0.0113. The fourth-order valence-corrected chi connectivity index (χ4v) is 3.01. The first kappa shape index (κ1) is 19.2. The maximum absolute atomic E-state index is 12.1. The number of aliphatic hydroxyl groups is 1. The van der Waals surface area contributed by atoms with Gasteiger partial charge >= 0.3 is 5.97 Å². The first-order valence-corrected chi connectivity index (χ1v) is 8.93. The first-order chi connectivity index (χ1) is 12.0. The third kappa shape index (κ3) is 5.70. The van der Waals surface area contributed by atoms with E-state index in [2.05, 4.69) is 12.0 Å². The standard InChI is InChI=1S/C18H27N3O4/c1-2-3-4-5-16(22)8-6-15-7-9-17(23)21(15)11-10-20-13-14(12-19-20)18(24)25/h6,8,12-13,15-16,22H,2-5,7,9-11H2,1H3,(H,24,25)/t15?,16-/m1/s1. The predicted octanol–water partition coefficient (Wildman–Crippen LogP) is 2.07. The summed E-state index contributed by atoms with van der Waals surface area (Å²) in [5.41, 5.74) is 0.138. The Morgan fingerprint density at radius 1 is 1.44 bits per heavy atom. The molecule has 1 fully saturated rings. The normalized spacial score (nSPS) is 19.0. The van der Waals surface area contributed by atoms with Crippen LogP contribution in [0.15, 0.2) is 24.5 Å². The molecule has 2 atom stereocenters. The lowest BCUT2D eigenvalue weighted by atomic mass is 10.1. The van der Waals surface area contributed by atoms with Gasteiger partial charge in [0.1, 0.15) is 0 Å². The van der Waals surface area contributed by atoms with Gasteiger partial charge in [-0.25, -0.2) is 4.79 Å². The number of carboxylic acids is 1. The van der Waals surface area contributed by atoms with E-state index in [-0.39, 0.29) is 17.5 Å². The quantitative estimate of drug-likeness (QED) is 0.498. The highest BCUT2D eigenvalue weighted by Crippen LogP contribution is 2.20. The van der Waals surface area contributed by atoms with E-state index in [1.165, 1.54) is 17.1 Å². The number of carboxylic acid groups (broad SMARTS) is 1. The minimum Gasteiger partial charge on any atom is -0.478 e. The third-order valence-corrected chi connectivity index (χ3v) is 4.48. The Morgan fingerprint density at radius 2 is 2.24 bits per heavy atom. The van der Waals surface area contributed by atoms with Crippen LogP contribution in [0.4, 0.5) is 0 Å². The molecule has 1 unspecified atom stereocenters. The van der Waals surface area contributed by atoms with Crippen LogP contribution in [0, 0.1) is 0 Å². The molecular formula is C18H27N3O4. The van der Waals surface area contributed by atoms with Crippen LogP contribution >= 0.6 is 0 Å². The molecule has 0 saturated carbocycles. The van der Waals surface area contributed by atoms with Crippen molar-refractivity contribution in [3.8, 4) is 0 Å². The Hall–Kier alpha value is -2.15. The molecule has 2 rings (SSSR count). The van der Waals surface area contributed by atoms with Crippen LogP contribution in [-0.2, 0) is 11.3 Å². The first-order valence-electron chi connectivity index (χ1n) is 8.93. The summed E-state index contributed by atoms with van der Waals surface area (Å²) in [7, 11) is 0. The van der Waals surface area contributed by atoms with Crippen LogP contribution < -0.4 is 0 Å². The number of unbranched alkanes of at least 4 members (excludes halogenated alkanes) is 2. The molecule has 0 bridgehead atoms. The van der Waals surface area contributed by atoms with Gasteiger partial charge in [-0.05, 0) is 12.8 Å². The van der Waals surface area contributed by atoms with Crippen molar-refractivity contribution in [2.45, 2.75) is 64.1 Å². The molecule has 1 amide bonds. The Labute approximate surface area is 147 Å². The van der Waals surface area contributed by atoms with E-state index >= 15 is 0 Å². The van der Waals surface area contributed by atoms with Gasteiger partial charge in [-0.2, -0.15) is 5.10 Å². The molecule has 138 valence electrons. The molecule has 0 spiro atoms. The zero-order valence-electron chi connectivity index (χ0n) is 14.7. The number of hydrogen-bond acceptors (Lipinski definition) is 4. The van der Waals surface area contributed by atoms with Crippen molar-refractivity contribution in [2.75, 3.05) is 6.54 Å². The van der Waals surface area contributed by atoms with Crippen molar-refractivity contribution in [1.29, 1.82) is 0 Å². The second-order valence-corrected chi connectivity index (χ2v) is 6.44. The Balaban J connectivity index is 1.86. The highest BCUT2D eigenvalue weighted by molar-refractivity contribution is 5.86. The lowest BCUT2D eigenvalue weighted by molar-refractivity contribution is -0.128. The van der Waals surface area contributed by atoms with Gasteiger partial charge in [0.05, 0.1) is 30.5 Å². The van der Waals surface area contributed by atoms with Gasteiger partial charge in [0.2, 0.25) is 5.91 Å². The molecule has 1 saturated heterocycles.